The maximum Gasteiger partial charge on any atom is 0.224 e. The molecule has 0 saturated heterocycles. The van der Waals surface area contributed by atoms with Crippen LogP contribution in [0.4, 0.5) is 4.39 Å². The van der Waals surface area contributed by atoms with Gasteiger partial charge >= 0.3 is 0 Å². The molecule has 2 aromatic rings. The van der Waals surface area contributed by atoms with Crippen molar-refractivity contribution in [3.8, 4) is 18.1 Å². The van der Waals surface area contributed by atoms with Gasteiger partial charge < -0.3 is 25.8 Å². The van der Waals surface area contributed by atoms with Gasteiger partial charge in [0.25, 0.3) is 0 Å². The number of rotatable bonds is 7. The summed E-state index contributed by atoms with van der Waals surface area (Å²) in [7, 11) is 0. The molecule has 3 atom stereocenters. The number of carbonyl (C=O) groups excluding carboxylic acids is 2. The van der Waals surface area contributed by atoms with Crippen molar-refractivity contribution in [1.82, 2.24) is 20.9 Å². The van der Waals surface area contributed by atoms with Crippen molar-refractivity contribution in [3.63, 3.8) is 0 Å². The number of ether oxygens (including phenoxy) is 1. The van der Waals surface area contributed by atoms with Crippen LogP contribution in [-0.4, -0.2) is 53.7 Å². The number of fused-ring (bicyclic) bond motifs is 2. The monoisotopic (exact) mass is 538 g/mol. The SMILES string of the molecule is C#CCC1CCC(=O)NCCCCOc2cc(F)cc(c2)C[C@@H]([C@H](O)CNCc2cncc(CC)c2)NC1=O. The number of nitrogens with one attached hydrogen (secondary N) is 3. The largest absolute Gasteiger partial charge is 0.493 e. The molecule has 3 rings (SSSR count). The third kappa shape index (κ3) is 10.3. The first-order chi connectivity index (χ1) is 18.9. The standard InChI is InChI=1S/C30H39FN4O4/c1-3-7-24-8-9-29(37)34-10-5-6-11-39-26-14-22(13-25(31)16-26)15-27(35-30(24)38)28(36)20-33-19-23-12-21(4-2)17-32-18-23/h1,12-14,16-18,24,27-28,33,36H,4-11,15,19-20H2,2H3,(H,34,37)(H,35,38)/t24?,27-,28+/m0/s1. The second-order valence-electron chi connectivity index (χ2n) is 9.92. The molecule has 1 aromatic heterocycles. The quantitative estimate of drug-likeness (QED) is 0.404. The molecule has 1 unspecified atom stereocenters. The molecule has 1 aliphatic rings. The average Bonchev–Trinajstić information content (AvgIpc) is 2.91. The van der Waals surface area contributed by atoms with E-state index in [2.05, 4.69) is 39.8 Å². The summed E-state index contributed by atoms with van der Waals surface area (Å²) < 4.78 is 20.2. The van der Waals surface area contributed by atoms with E-state index in [0.717, 1.165) is 17.5 Å². The lowest BCUT2D eigenvalue weighted by atomic mass is 9.95. The molecule has 1 aliphatic heterocycles. The maximum absolute atomic E-state index is 14.4. The molecule has 1 aromatic carbocycles. The van der Waals surface area contributed by atoms with Gasteiger partial charge in [0, 0.05) is 56.9 Å². The van der Waals surface area contributed by atoms with Gasteiger partial charge in [-0.25, -0.2) is 4.39 Å². The Morgan fingerprint density at radius 2 is 2.05 bits per heavy atom. The van der Waals surface area contributed by atoms with Crippen LogP contribution in [0.15, 0.2) is 36.7 Å². The molecule has 0 saturated carbocycles. The summed E-state index contributed by atoms with van der Waals surface area (Å²) in [6.07, 6.45) is 11.2. The van der Waals surface area contributed by atoms with E-state index < -0.39 is 23.9 Å². The van der Waals surface area contributed by atoms with Crippen LogP contribution in [0.25, 0.3) is 0 Å². The number of benzene rings is 1. The van der Waals surface area contributed by atoms with Crippen LogP contribution in [-0.2, 0) is 29.0 Å². The van der Waals surface area contributed by atoms with Crippen LogP contribution in [0.2, 0.25) is 0 Å². The number of nitrogens with zero attached hydrogens (tertiary/aromatic N) is 1. The highest BCUT2D eigenvalue weighted by Gasteiger charge is 2.26. The Bertz CT molecular complexity index is 1140. The number of carbonyl (C=O) groups is 2. The van der Waals surface area contributed by atoms with Crippen molar-refractivity contribution in [2.24, 2.45) is 5.92 Å². The highest BCUT2D eigenvalue weighted by molar-refractivity contribution is 5.81. The number of aryl methyl sites for hydroxylation is 1. The van der Waals surface area contributed by atoms with Gasteiger partial charge in [0.05, 0.1) is 18.8 Å². The lowest BCUT2D eigenvalue weighted by molar-refractivity contribution is -0.127. The van der Waals surface area contributed by atoms with Crippen LogP contribution in [0, 0.1) is 24.1 Å². The molecule has 210 valence electrons. The topological polar surface area (TPSA) is 113 Å². The Kier molecular flexibility index (Phi) is 12.2. The first-order valence-electron chi connectivity index (χ1n) is 13.6. The third-order valence-corrected chi connectivity index (χ3v) is 6.74. The second kappa shape index (κ2) is 15.8. The number of pyridine rings is 1. The van der Waals surface area contributed by atoms with Gasteiger partial charge in [-0.05, 0) is 60.9 Å². The van der Waals surface area contributed by atoms with E-state index in [1.54, 1.807) is 12.3 Å². The summed E-state index contributed by atoms with van der Waals surface area (Å²) in [6, 6.07) is 5.74. The lowest BCUT2D eigenvalue weighted by Crippen LogP contribution is -2.50. The fourth-order valence-corrected chi connectivity index (χ4v) is 4.50. The Balaban J connectivity index is 1.78. The normalized spacial score (nSPS) is 20.1. The molecule has 2 heterocycles. The van der Waals surface area contributed by atoms with Crippen LogP contribution in [0.1, 0.15) is 55.7 Å². The first-order valence-corrected chi connectivity index (χ1v) is 13.6. The van der Waals surface area contributed by atoms with Gasteiger partial charge in [-0.3, -0.25) is 14.6 Å². The van der Waals surface area contributed by atoms with E-state index in [0.29, 0.717) is 43.9 Å². The highest BCUT2D eigenvalue weighted by Crippen LogP contribution is 2.20. The van der Waals surface area contributed by atoms with Crippen molar-refractivity contribution < 1.29 is 23.8 Å². The van der Waals surface area contributed by atoms with Crippen LogP contribution < -0.4 is 20.7 Å². The average molecular weight is 539 g/mol. The zero-order valence-electron chi connectivity index (χ0n) is 22.5. The zero-order valence-corrected chi connectivity index (χ0v) is 22.5. The molecule has 2 amide bonds. The number of terminal acetylenes is 1. The van der Waals surface area contributed by atoms with Crippen molar-refractivity contribution in [3.05, 3.63) is 59.2 Å². The van der Waals surface area contributed by atoms with E-state index in [1.807, 2.05) is 6.20 Å². The van der Waals surface area contributed by atoms with Crippen molar-refractivity contribution in [2.45, 2.75) is 70.6 Å². The van der Waals surface area contributed by atoms with Crippen LogP contribution in [0.5, 0.6) is 5.75 Å². The number of aliphatic hydroxyl groups excluding tert-OH is 1. The van der Waals surface area contributed by atoms with Gasteiger partial charge in [-0.2, -0.15) is 0 Å². The number of aromatic nitrogens is 1. The molecule has 0 radical (unpaired) electrons. The molecule has 9 heteroatoms. The van der Waals surface area contributed by atoms with Gasteiger partial charge in [-0.1, -0.05) is 13.0 Å². The predicted molar refractivity (Wildman–Crippen MR) is 147 cm³/mol. The van der Waals surface area contributed by atoms with E-state index in [1.165, 1.54) is 12.1 Å². The summed E-state index contributed by atoms with van der Waals surface area (Å²) in [5.74, 6) is 1.36. The highest BCUT2D eigenvalue weighted by atomic mass is 19.1. The Morgan fingerprint density at radius 1 is 1.23 bits per heavy atom. The number of halogens is 1. The molecule has 8 nitrogen and oxygen atoms in total. The molecular weight excluding hydrogens is 499 g/mol. The molecule has 2 bridgehead atoms. The molecule has 0 fully saturated rings. The van der Waals surface area contributed by atoms with E-state index in [4.69, 9.17) is 11.2 Å². The fourth-order valence-electron chi connectivity index (χ4n) is 4.50. The van der Waals surface area contributed by atoms with Crippen molar-refractivity contribution in [2.75, 3.05) is 19.7 Å². The fraction of sp³-hybridized carbons (Fsp3) is 0.500. The number of aliphatic hydroxyl groups is 1. The molecular formula is C30H39FN4O4. The van der Waals surface area contributed by atoms with E-state index in [9.17, 15) is 19.1 Å². The predicted octanol–water partition coefficient (Wildman–Crippen LogP) is 2.67. The minimum atomic E-state index is -0.985. The summed E-state index contributed by atoms with van der Waals surface area (Å²) in [4.78, 5) is 29.8. The van der Waals surface area contributed by atoms with Crippen molar-refractivity contribution >= 4 is 11.8 Å². The Labute approximate surface area is 230 Å². The minimum Gasteiger partial charge on any atom is -0.493 e. The van der Waals surface area contributed by atoms with Crippen LogP contribution in [0.3, 0.4) is 0 Å². The summed E-state index contributed by atoms with van der Waals surface area (Å²) in [5, 5.41) is 20.1. The second-order valence-corrected chi connectivity index (χ2v) is 9.92. The Morgan fingerprint density at radius 3 is 2.85 bits per heavy atom. The Hall–Kier alpha value is -3.48. The van der Waals surface area contributed by atoms with Gasteiger partial charge in [0.2, 0.25) is 11.8 Å². The smallest absolute Gasteiger partial charge is 0.224 e. The van der Waals surface area contributed by atoms with Crippen molar-refractivity contribution in [1.29, 1.82) is 0 Å². The first kappa shape index (κ1) is 30.1. The zero-order chi connectivity index (χ0) is 28.0. The minimum absolute atomic E-state index is 0.147. The lowest BCUT2D eigenvalue weighted by Gasteiger charge is -2.27. The summed E-state index contributed by atoms with van der Waals surface area (Å²) in [5.41, 5.74) is 2.69. The van der Waals surface area contributed by atoms with Gasteiger partial charge in [-0.15, -0.1) is 12.3 Å². The number of amides is 2. The van der Waals surface area contributed by atoms with Crippen LogP contribution >= 0.6 is 0 Å². The third-order valence-electron chi connectivity index (χ3n) is 6.74. The van der Waals surface area contributed by atoms with E-state index >= 15 is 0 Å². The molecule has 4 N–H and O–H groups in total. The summed E-state index contributed by atoms with van der Waals surface area (Å²) in [6.45, 7) is 3.60. The molecule has 39 heavy (non-hydrogen) atoms. The maximum atomic E-state index is 14.4. The van der Waals surface area contributed by atoms with Gasteiger partial charge in [0.15, 0.2) is 0 Å². The van der Waals surface area contributed by atoms with Gasteiger partial charge in [0.1, 0.15) is 11.6 Å². The number of hydrogen-bond acceptors (Lipinski definition) is 6. The summed E-state index contributed by atoms with van der Waals surface area (Å²) >= 11 is 0. The molecule has 0 spiro atoms. The molecule has 0 aliphatic carbocycles. The number of hydrogen-bond donors (Lipinski definition) is 4. The van der Waals surface area contributed by atoms with E-state index in [-0.39, 0.29) is 44.0 Å².